The number of hydrogen-bond acceptors (Lipinski definition) is 4. The van der Waals surface area contributed by atoms with Crippen molar-refractivity contribution in [3.05, 3.63) is 52.7 Å². The summed E-state index contributed by atoms with van der Waals surface area (Å²) in [5, 5.41) is 12.5. The summed E-state index contributed by atoms with van der Waals surface area (Å²) < 4.78 is 5.17. The molecule has 0 aliphatic rings. The highest BCUT2D eigenvalue weighted by Gasteiger charge is 2.05. The molecule has 0 saturated heterocycles. The minimum Gasteiger partial charge on any atom is -0.481 e. The second-order valence-electron chi connectivity index (χ2n) is 3.83. The first-order chi connectivity index (χ1) is 9.24. The molecule has 4 nitrogen and oxygen atoms in total. The van der Waals surface area contributed by atoms with Crippen LogP contribution in [-0.4, -0.2) is 12.1 Å². The molecule has 0 aliphatic carbocycles. The molecule has 0 fully saturated rings. The fourth-order valence-electron chi connectivity index (χ4n) is 1.66. The maximum Gasteiger partial charge on any atom is 0.218 e. The molecule has 1 aromatic carbocycles. The number of hydrogen-bond donors (Lipinski definition) is 1. The number of anilines is 1. The van der Waals surface area contributed by atoms with Gasteiger partial charge in [0.1, 0.15) is 0 Å². The third kappa shape index (κ3) is 3.15. The maximum atomic E-state index is 8.78. The quantitative estimate of drug-likeness (QED) is 0.929. The molecule has 0 bridgehead atoms. The number of methoxy groups -OCH3 is 1. The van der Waals surface area contributed by atoms with Crippen molar-refractivity contribution < 1.29 is 4.74 Å². The molecule has 0 amide bonds. The van der Waals surface area contributed by atoms with Gasteiger partial charge in [0.05, 0.1) is 29.5 Å². The normalized spacial score (nSPS) is 9.74. The van der Waals surface area contributed by atoms with E-state index in [1.807, 2.05) is 18.2 Å². The first kappa shape index (κ1) is 13.2. The standard InChI is InChI=1S/C14H12ClN3O/c1-19-14-11(3-2-6-17-14)9-18-13-5-4-10(8-16)7-12(13)15/h2-7,18H,9H2,1H3. The summed E-state index contributed by atoms with van der Waals surface area (Å²) in [6.07, 6.45) is 1.68. The van der Waals surface area contributed by atoms with Crippen molar-refractivity contribution in [2.45, 2.75) is 6.54 Å². The number of rotatable bonds is 4. The average molecular weight is 274 g/mol. The van der Waals surface area contributed by atoms with Gasteiger partial charge in [0.25, 0.3) is 0 Å². The van der Waals surface area contributed by atoms with Crippen LogP contribution in [-0.2, 0) is 6.54 Å². The summed E-state index contributed by atoms with van der Waals surface area (Å²) in [6.45, 7) is 0.544. The second kappa shape index (κ2) is 6.07. The van der Waals surface area contributed by atoms with Gasteiger partial charge in [-0.25, -0.2) is 4.98 Å². The van der Waals surface area contributed by atoms with E-state index in [1.54, 1.807) is 31.5 Å². The molecule has 0 spiro atoms. The molecule has 2 aromatic rings. The van der Waals surface area contributed by atoms with Gasteiger partial charge in [-0.2, -0.15) is 5.26 Å². The highest BCUT2D eigenvalue weighted by molar-refractivity contribution is 6.33. The Morgan fingerprint density at radius 3 is 2.95 bits per heavy atom. The van der Waals surface area contributed by atoms with Gasteiger partial charge in [-0.1, -0.05) is 17.7 Å². The molecule has 2 rings (SSSR count). The number of halogens is 1. The Bertz CT molecular complexity index is 622. The van der Waals surface area contributed by atoms with Gasteiger partial charge < -0.3 is 10.1 Å². The Morgan fingerprint density at radius 2 is 2.26 bits per heavy atom. The highest BCUT2D eigenvalue weighted by atomic mass is 35.5. The molecular weight excluding hydrogens is 262 g/mol. The Morgan fingerprint density at radius 1 is 1.42 bits per heavy atom. The van der Waals surface area contributed by atoms with Crippen molar-refractivity contribution in [3.8, 4) is 11.9 Å². The number of nitriles is 1. The van der Waals surface area contributed by atoms with Crippen molar-refractivity contribution in [1.82, 2.24) is 4.98 Å². The van der Waals surface area contributed by atoms with E-state index >= 15 is 0 Å². The summed E-state index contributed by atoms with van der Waals surface area (Å²) in [6, 6.07) is 10.9. The zero-order chi connectivity index (χ0) is 13.7. The first-order valence-electron chi connectivity index (χ1n) is 5.66. The van der Waals surface area contributed by atoms with E-state index in [0.717, 1.165) is 11.3 Å². The number of pyridine rings is 1. The lowest BCUT2D eigenvalue weighted by Crippen LogP contribution is -2.03. The molecule has 1 aromatic heterocycles. The summed E-state index contributed by atoms with van der Waals surface area (Å²) >= 11 is 6.09. The monoisotopic (exact) mass is 273 g/mol. The zero-order valence-electron chi connectivity index (χ0n) is 10.4. The minimum atomic E-state index is 0.516. The van der Waals surface area contributed by atoms with Gasteiger partial charge in [0.15, 0.2) is 0 Å². The molecule has 0 atom stereocenters. The van der Waals surface area contributed by atoms with E-state index in [9.17, 15) is 0 Å². The van der Waals surface area contributed by atoms with E-state index in [4.69, 9.17) is 21.6 Å². The Hall–Kier alpha value is -2.25. The maximum absolute atomic E-state index is 8.78. The average Bonchev–Trinajstić information content (AvgIpc) is 2.46. The Balaban J connectivity index is 2.13. The number of benzene rings is 1. The highest BCUT2D eigenvalue weighted by Crippen LogP contribution is 2.24. The summed E-state index contributed by atoms with van der Waals surface area (Å²) in [5.74, 6) is 0.583. The van der Waals surface area contributed by atoms with Crippen LogP contribution in [0.3, 0.4) is 0 Å². The number of nitrogens with one attached hydrogen (secondary N) is 1. The summed E-state index contributed by atoms with van der Waals surface area (Å²) in [5.41, 5.74) is 2.24. The third-order valence-electron chi connectivity index (χ3n) is 2.61. The van der Waals surface area contributed by atoms with Gasteiger partial charge in [0.2, 0.25) is 5.88 Å². The SMILES string of the molecule is COc1ncccc1CNc1ccc(C#N)cc1Cl. The zero-order valence-corrected chi connectivity index (χ0v) is 11.1. The minimum absolute atomic E-state index is 0.516. The topological polar surface area (TPSA) is 57.9 Å². The molecule has 1 heterocycles. The molecule has 19 heavy (non-hydrogen) atoms. The third-order valence-corrected chi connectivity index (χ3v) is 2.92. The van der Waals surface area contributed by atoms with Crippen LogP contribution in [0.2, 0.25) is 5.02 Å². The van der Waals surface area contributed by atoms with Crippen LogP contribution in [0.5, 0.6) is 5.88 Å². The molecule has 96 valence electrons. The van der Waals surface area contributed by atoms with Gasteiger partial charge in [0, 0.05) is 18.3 Å². The molecule has 1 N–H and O–H groups in total. The molecule has 0 unspecified atom stereocenters. The van der Waals surface area contributed by atoms with Crippen molar-refractivity contribution in [2.24, 2.45) is 0 Å². The van der Waals surface area contributed by atoms with E-state index in [2.05, 4.69) is 10.3 Å². The fraction of sp³-hybridized carbons (Fsp3) is 0.143. The van der Waals surface area contributed by atoms with Crippen molar-refractivity contribution in [3.63, 3.8) is 0 Å². The van der Waals surface area contributed by atoms with Crippen molar-refractivity contribution in [2.75, 3.05) is 12.4 Å². The number of nitrogens with zero attached hydrogens (tertiary/aromatic N) is 2. The lowest BCUT2D eigenvalue weighted by molar-refractivity contribution is 0.393. The van der Waals surface area contributed by atoms with Crippen LogP contribution in [0.15, 0.2) is 36.5 Å². The van der Waals surface area contributed by atoms with E-state index in [-0.39, 0.29) is 0 Å². The summed E-state index contributed by atoms with van der Waals surface area (Å²) in [4.78, 5) is 4.12. The van der Waals surface area contributed by atoms with E-state index in [1.165, 1.54) is 0 Å². The van der Waals surface area contributed by atoms with Crippen LogP contribution < -0.4 is 10.1 Å². The summed E-state index contributed by atoms with van der Waals surface area (Å²) in [7, 11) is 1.58. The molecule has 0 radical (unpaired) electrons. The lowest BCUT2D eigenvalue weighted by atomic mass is 10.2. The predicted molar refractivity (Wildman–Crippen MR) is 74.3 cm³/mol. The van der Waals surface area contributed by atoms with Crippen LogP contribution in [0, 0.1) is 11.3 Å². The van der Waals surface area contributed by atoms with Gasteiger partial charge in [-0.15, -0.1) is 0 Å². The predicted octanol–water partition coefficient (Wildman–Crippen LogP) is 3.23. The van der Waals surface area contributed by atoms with E-state index in [0.29, 0.717) is 23.0 Å². The lowest BCUT2D eigenvalue weighted by Gasteiger charge is -2.10. The molecule has 0 aliphatic heterocycles. The molecule has 5 heteroatoms. The Kier molecular flexibility index (Phi) is 4.22. The smallest absolute Gasteiger partial charge is 0.218 e. The van der Waals surface area contributed by atoms with Crippen LogP contribution in [0.1, 0.15) is 11.1 Å². The van der Waals surface area contributed by atoms with Crippen LogP contribution in [0.4, 0.5) is 5.69 Å². The van der Waals surface area contributed by atoms with Gasteiger partial charge in [-0.05, 0) is 24.3 Å². The molecular formula is C14H12ClN3O. The number of aromatic nitrogens is 1. The van der Waals surface area contributed by atoms with E-state index < -0.39 is 0 Å². The second-order valence-corrected chi connectivity index (χ2v) is 4.24. The largest absolute Gasteiger partial charge is 0.481 e. The molecule has 0 saturated carbocycles. The Labute approximate surface area is 116 Å². The van der Waals surface area contributed by atoms with Crippen LogP contribution in [0.25, 0.3) is 0 Å². The fourth-order valence-corrected chi connectivity index (χ4v) is 1.91. The van der Waals surface area contributed by atoms with Crippen molar-refractivity contribution >= 4 is 17.3 Å². The van der Waals surface area contributed by atoms with Crippen LogP contribution >= 0.6 is 11.6 Å². The van der Waals surface area contributed by atoms with Crippen molar-refractivity contribution in [1.29, 1.82) is 5.26 Å². The number of ether oxygens (including phenoxy) is 1. The first-order valence-corrected chi connectivity index (χ1v) is 6.04. The van der Waals surface area contributed by atoms with Gasteiger partial charge in [-0.3, -0.25) is 0 Å². The van der Waals surface area contributed by atoms with Gasteiger partial charge >= 0.3 is 0 Å².